The number of aliphatic hydroxyl groups is 1. The Morgan fingerprint density at radius 2 is 1.90 bits per heavy atom. The van der Waals surface area contributed by atoms with Gasteiger partial charge in [0.2, 0.25) is 0 Å². The normalized spacial score (nSPS) is 21.6. The molecule has 2 heterocycles. The minimum Gasteiger partial charge on any atom is -0.402 e. The molecule has 158 valence electrons. The van der Waals surface area contributed by atoms with E-state index in [4.69, 9.17) is 9.40 Å². The molecule has 2 saturated carbocycles. The van der Waals surface area contributed by atoms with Crippen molar-refractivity contribution >= 4 is 16.9 Å². The van der Waals surface area contributed by atoms with Gasteiger partial charge in [-0.05, 0) is 78.7 Å². The minimum atomic E-state index is -0.00373. The van der Waals surface area contributed by atoms with Crippen molar-refractivity contribution in [3.8, 4) is 11.6 Å². The van der Waals surface area contributed by atoms with Crippen molar-refractivity contribution in [2.75, 3.05) is 11.9 Å². The standard InChI is InChI=1S/C24H30N4O2/c1-13-7-20(22-27-28-23(30-22)25-17-8-14(9-17)12-29)26-21-18(13)10-16(15-5-6-15)11-19(21)24(2,3)4/h7,10-11,14-15,17,29H,5-6,8-9,12H2,1-4H3,(H,25,28). The third-order valence-electron chi connectivity index (χ3n) is 6.46. The van der Waals surface area contributed by atoms with Crippen LogP contribution >= 0.6 is 0 Å². The monoisotopic (exact) mass is 406 g/mol. The zero-order chi connectivity index (χ0) is 21.0. The first kappa shape index (κ1) is 19.5. The topological polar surface area (TPSA) is 84.1 Å². The molecule has 3 aromatic rings. The van der Waals surface area contributed by atoms with Crippen LogP contribution < -0.4 is 5.32 Å². The molecule has 5 rings (SSSR count). The maximum atomic E-state index is 9.18. The van der Waals surface area contributed by atoms with E-state index in [1.54, 1.807) is 0 Å². The van der Waals surface area contributed by atoms with Gasteiger partial charge >= 0.3 is 6.01 Å². The van der Waals surface area contributed by atoms with Gasteiger partial charge in [-0.2, -0.15) is 0 Å². The summed E-state index contributed by atoms with van der Waals surface area (Å²) in [6.45, 7) is 9.11. The van der Waals surface area contributed by atoms with E-state index in [1.807, 2.05) is 6.07 Å². The largest absolute Gasteiger partial charge is 0.402 e. The Balaban J connectivity index is 1.51. The summed E-state index contributed by atoms with van der Waals surface area (Å²) in [7, 11) is 0. The fraction of sp³-hybridized carbons (Fsp3) is 0.542. The Morgan fingerprint density at radius 3 is 2.57 bits per heavy atom. The van der Waals surface area contributed by atoms with E-state index in [0.29, 0.717) is 29.4 Å². The highest BCUT2D eigenvalue weighted by Crippen LogP contribution is 2.44. The van der Waals surface area contributed by atoms with Crippen molar-refractivity contribution in [1.82, 2.24) is 15.2 Å². The average molecular weight is 407 g/mol. The zero-order valence-electron chi connectivity index (χ0n) is 18.2. The lowest BCUT2D eigenvalue weighted by Gasteiger charge is -2.33. The van der Waals surface area contributed by atoms with E-state index in [1.165, 1.54) is 34.9 Å². The number of pyridine rings is 1. The quantitative estimate of drug-likeness (QED) is 0.624. The molecule has 2 N–H and O–H groups in total. The molecule has 2 fully saturated rings. The Labute approximate surface area is 177 Å². The van der Waals surface area contributed by atoms with Crippen LogP contribution in [-0.2, 0) is 5.41 Å². The van der Waals surface area contributed by atoms with E-state index in [-0.39, 0.29) is 18.1 Å². The Morgan fingerprint density at radius 1 is 1.13 bits per heavy atom. The molecule has 0 amide bonds. The van der Waals surface area contributed by atoms with Gasteiger partial charge in [-0.1, -0.05) is 31.9 Å². The summed E-state index contributed by atoms with van der Waals surface area (Å²) < 4.78 is 5.89. The van der Waals surface area contributed by atoms with Crippen LogP contribution in [0.3, 0.4) is 0 Å². The van der Waals surface area contributed by atoms with Crippen molar-refractivity contribution in [3.05, 3.63) is 34.9 Å². The number of aromatic nitrogens is 3. The summed E-state index contributed by atoms with van der Waals surface area (Å²) in [5.41, 5.74) is 5.63. The third-order valence-corrected chi connectivity index (χ3v) is 6.46. The Kier molecular flexibility index (Phi) is 4.58. The molecule has 2 aliphatic rings. The predicted molar refractivity (Wildman–Crippen MR) is 118 cm³/mol. The van der Waals surface area contributed by atoms with Gasteiger partial charge in [0.1, 0.15) is 5.69 Å². The van der Waals surface area contributed by atoms with Gasteiger partial charge in [-0.3, -0.25) is 0 Å². The third kappa shape index (κ3) is 3.58. The van der Waals surface area contributed by atoms with Crippen LogP contribution in [0.2, 0.25) is 0 Å². The number of aliphatic hydroxyl groups excluding tert-OH is 1. The van der Waals surface area contributed by atoms with Crippen LogP contribution in [0.4, 0.5) is 6.01 Å². The molecular formula is C24H30N4O2. The van der Waals surface area contributed by atoms with Crippen LogP contribution in [0.15, 0.2) is 22.6 Å². The molecule has 0 radical (unpaired) electrons. The minimum absolute atomic E-state index is 0.00373. The van der Waals surface area contributed by atoms with E-state index < -0.39 is 0 Å². The lowest BCUT2D eigenvalue weighted by molar-refractivity contribution is 0.150. The Bertz CT molecular complexity index is 1090. The first-order valence-electron chi connectivity index (χ1n) is 11.0. The van der Waals surface area contributed by atoms with E-state index >= 15 is 0 Å². The number of anilines is 1. The maximum absolute atomic E-state index is 9.18. The van der Waals surface area contributed by atoms with Gasteiger partial charge in [-0.25, -0.2) is 4.98 Å². The number of hydrogen-bond donors (Lipinski definition) is 2. The molecule has 6 heteroatoms. The second kappa shape index (κ2) is 7.05. The summed E-state index contributed by atoms with van der Waals surface area (Å²) in [6, 6.07) is 7.43. The van der Waals surface area contributed by atoms with Crippen molar-refractivity contribution in [3.63, 3.8) is 0 Å². The molecule has 0 bridgehead atoms. The molecule has 6 nitrogen and oxygen atoms in total. The zero-order valence-corrected chi connectivity index (χ0v) is 18.2. The smallest absolute Gasteiger partial charge is 0.316 e. The van der Waals surface area contributed by atoms with Crippen LogP contribution in [0.25, 0.3) is 22.5 Å². The number of nitrogens with one attached hydrogen (secondary N) is 1. The van der Waals surface area contributed by atoms with Gasteiger partial charge in [0.05, 0.1) is 5.52 Å². The van der Waals surface area contributed by atoms with Crippen LogP contribution in [0.1, 0.15) is 69.1 Å². The summed E-state index contributed by atoms with van der Waals surface area (Å²) >= 11 is 0. The molecule has 0 unspecified atom stereocenters. The number of hydrogen-bond acceptors (Lipinski definition) is 6. The molecule has 0 spiro atoms. The fourth-order valence-corrected chi connectivity index (χ4v) is 4.41. The number of aryl methyl sites for hydroxylation is 1. The van der Waals surface area contributed by atoms with Crippen molar-refractivity contribution in [1.29, 1.82) is 0 Å². The SMILES string of the molecule is Cc1cc(-c2nnc(NC3CC(CO)C3)o2)nc2c(C(C)(C)C)cc(C3CC3)cc12. The summed E-state index contributed by atoms with van der Waals surface area (Å²) in [6.07, 6.45) is 4.44. The highest BCUT2D eigenvalue weighted by molar-refractivity contribution is 5.88. The Hall–Kier alpha value is -2.47. The van der Waals surface area contributed by atoms with Crippen molar-refractivity contribution < 1.29 is 9.52 Å². The predicted octanol–water partition coefficient (Wildman–Crippen LogP) is 4.95. The highest BCUT2D eigenvalue weighted by Gasteiger charge is 2.30. The van der Waals surface area contributed by atoms with Gasteiger partial charge in [0, 0.05) is 18.0 Å². The molecule has 2 aliphatic carbocycles. The van der Waals surface area contributed by atoms with Gasteiger partial charge < -0.3 is 14.8 Å². The molecule has 2 aromatic heterocycles. The van der Waals surface area contributed by atoms with E-state index in [0.717, 1.165) is 18.4 Å². The lowest BCUT2D eigenvalue weighted by Crippen LogP contribution is -2.37. The number of rotatable bonds is 5. The van der Waals surface area contributed by atoms with Gasteiger partial charge in [0.25, 0.3) is 5.89 Å². The van der Waals surface area contributed by atoms with Gasteiger partial charge in [-0.15, -0.1) is 5.10 Å². The van der Waals surface area contributed by atoms with E-state index in [2.05, 4.69) is 55.3 Å². The van der Waals surface area contributed by atoms with Crippen molar-refractivity contribution in [2.24, 2.45) is 5.92 Å². The number of benzene rings is 1. The number of fused-ring (bicyclic) bond motifs is 1. The highest BCUT2D eigenvalue weighted by atomic mass is 16.4. The second-order valence-electron chi connectivity index (χ2n) is 10.1. The molecule has 0 aliphatic heterocycles. The molecular weight excluding hydrogens is 376 g/mol. The fourth-order valence-electron chi connectivity index (χ4n) is 4.41. The maximum Gasteiger partial charge on any atom is 0.316 e. The summed E-state index contributed by atoms with van der Waals surface area (Å²) in [5, 5.41) is 22.1. The van der Waals surface area contributed by atoms with E-state index in [9.17, 15) is 5.11 Å². The molecule has 1 aromatic carbocycles. The van der Waals surface area contributed by atoms with Gasteiger partial charge in [0.15, 0.2) is 0 Å². The first-order chi connectivity index (χ1) is 14.3. The van der Waals surface area contributed by atoms with Crippen LogP contribution in [0, 0.1) is 12.8 Å². The second-order valence-corrected chi connectivity index (χ2v) is 10.1. The van der Waals surface area contributed by atoms with Crippen LogP contribution in [0.5, 0.6) is 0 Å². The van der Waals surface area contributed by atoms with Crippen molar-refractivity contribution in [2.45, 2.75) is 70.8 Å². The van der Waals surface area contributed by atoms with Crippen LogP contribution in [-0.4, -0.2) is 32.9 Å². The summed E-state index contributed by atoms with van der Waals surface area (Å²) in [5.74, 6) is 1.52. The molecule has 0 atom stereocenters. The first-order valence-corrected chi connectivity index (χ1v) is 11.0. The lowest BCUT2D eigenvalue weighted by atomic mass is 9.81. The number of nitrogens with zero attached hydrogens (tertiary/aromatic N) is 3. The summed E-state index contributed by atoms with van der Waals surface area (Å²) in [4.78, 5) is 4.99. The molecule has 0 saturated heterocycles. The average Bonchev–Trinajstić information content (AvgIpc) is 3.41. The molecule has 30 heavy (non-hydrogen) atoms.